The van der Waals surface area contributed by atoms with Gasteiger partial charge in [-0.05, 0) is 42.8 Å². The molecular formula is C19H14FN3O3. The van der Waals surface area contributed by atoms with E-state index in [1.165, 1.54) is 17.0 Å². The van der Waals surface area contributed by atoms with Crippen molar-refractivity contribution >= 4 is 11.8 Å². The van der Waals surface area contributed by atoms with Gasteiger partial charge in [0.15, 0.2) is 0 Å². The molecule has 2 heterocycles. The Balaban J connectivity index is 1.38. The van der Waals surface area contributed by atoms with Crippen LogP contribution < -0.4 is 0 Å². The van der Waals surface area contributed by atoms with Gasteiger partial charge >= 0.3 is 0 Å². The maximum absolute atomic E-state index is 13.0. The van der Waals surface area contributed by atoms with Gasteiger partial charge in [-0.2, -0.15) is 0 Å². The van der Waals surface area contributed by atoms with Crippen molar-refractivity contribution in [1.29, 1.82) is 0 Å². The Morgan fingerprint density at radius 1 is 0.923 bits per heavy atom. The minimum atomic E-state index is -0.338. The van der Waals surface area contributed by atoms with E-state index in [1.54, 1.807) is 36.4 Å². The molecule has 1 aromatic heterocycles. The number of halogens is 1. The predicted molar refractivity (Wildman–Crippen MR) is 89.8 cm³/mol. The minimum absolute atomic E-state index is 0.275. The van der Waals surface area contributed by atoms with Gasteiger partial charge in [0, 0.05) is 18.5 Å². The molecule has 130 valence electrons. The predicted octanol–water partition coefficient (Wildman–Crippen LogP) is 3.10. The monoisotopic (exact) mass is 351 g/mol. The van der Waals surface area contributed by atoms with Crippen molar-refractivity contribution in [3.63, 3.8) is 0 Å². The number of amides is 2. The van der Waals surface area contributed by atoms with E-state index in [-0.39, 0.29) is 24.2 Å². The van der Waals surface area contributed by atoms with E-state index in [9.17, 15) is 14.0 Å². The first-order valence-electron chi connectivity index (χ1n) is 8.17. The zero-order chi connectivity index (χ0) is 18.1. The molecule has 0 saturated carbocycles. The third kappa shape index (κ3) is 2.88. The average molecular weight is 351 g/mol. The molecule has 0 radical (unpaired) electrons. The molecule has 7 heteroatoms. The van der Waals surface area contributed by atoms with Crippen LogP contribution in [0.3, 0.4) is 0 Å². The number of carbonyl (C=O) groups is 2. The van der Waals surface area contributed by atoms with Gasteiger partial charge in [0.2, 0.25) is 11.8 Å². The lowest BCUT2D eigenvalue weighted by Crippen LogP contribution is -2.30. The summed E-state index contributed by atoms with van der Waals surface area (Å²) >= 11 is 0. The molecule has 0 fully saturated rings. The van der Waals surface area contributed by atoms with Crippen LogP contribution in [0, 0.1) is 5.82 Å². The van der Waals surface area contributed by atoms with E-state index in [1.807, 2.05) is 0 Å². The molecule has 3 aromatic rings. The molecular weight excluding hydrogens is 337 g/mol. The summed E-state index contributed by atoms with van der Waals surface area (Å²) in [6, 6.07) is 12.6. The van der Waals surface area contributed by atoms with Gasteiger partial charge in [0.25, 0.3) is 11.8 Å². The molecule has 0 spiro atoms. The average Bonchev–Trinajstić information content (AvgIpc) is 3.22. The molecule has 26 heavy (non-hydrogen) atoms. The van der Waals surface area contributed by atoms with Gasteiger partial charge in [-0.1, -0.05) is 12.1 Å². The molecule has 1 aliphatic rings. The highest BCUT2D eigenvalue weighted by atomic mass is 19.1. The van der Waals surface area contributed by atoms with Crippen molar-refractivity contribution in [3.8, 4) is 11.5 Å². The van der Waals surface area contributed by atoms with Crippen LogP contribution in [0.2, 0.25) is 0 Å². The molecule has 2 amide bonds. The van der Waals surface area contributed by atoms with Crippen molar-refractivity contribution in [2.45, 2.75) is 12.8 Å². The van der Waals surface area contributed by atoms with Crippen LogP contribution in [0.1, 0.15) is 33.0 Å². The molecule has 0 N–H and O–H groups in total. The number of aryl methyl sites for hydroxylation is 1. The molecule has 1 aliphatic heterocycles. The van der Waals surface area contributed by atoms with Crippen molar-refractivity contribution in [2.75, 3.05) is 6.54 Å². The number of benzene rings is 2. The van der Waals surface area contributed by atoms with Crippen LogP contribution in [-0.4, -0.2) is 33.5 Å². The van der Waals surface area contributed by atoms with Crippen LogP contribution in [-0.2, 0) is 6.42 Å². The Hall–Kier alpha value is -3.35. The summed E-state index contributed by atoms with van der Waals surface area (Å²) in [5.41, 5.74) is 1.51. The Bertz CT molecular complexity index is 947. The first kappa shape index (κ1) is 16.1. The summed E-state index contributed by atoms with van der Waals surface area (Å²) < 4.78 is 18.5. The fraction of sp³-hybridized carbons (Fsp3) is 0.158. The second-order valence-corrected chi connectivity index (χ2v) is 5.92. The highest BCUT2D eigenvalue weighted by Crippen LogP contribution is 2.23. The zero-order valence-electron chi connectivity index (χ0n) is 13.7. The van der Waals surface area contributed by atoms with Crippen molar-refractivity contribution < 1.29 is 18.4 Å². The summed E-state index contributed by atoms with van der Waals surface area (Å²) in [5.74, 6) is -0.178. The lowest BCUT2D eigenvalue weighted by Gasteiger charge is -2.12. The van der Waals surface area contributed by atoms with E-state index in [2.05, 4.69) is 10.2 Å². The van der Waals surface area contributed by atoms with Crippen LogP contribution in [0.4, 0.5) is 4.39 Å². The Labute approximate surface area is 148 Å². The summed E-state index contributed by atoms with van der Waals surface area (Å²) in [5, 5.41) is 7.90. The second-order valence-electron chi connectivity index (χ2n) is 5.92. The first-order chi connectivity index (χ1) is 12.6. The van der Waals surface area contributed by atoms with Crippen LogP contribution in [0.5, 0.6) is 0 Å². The number of carbonyl (C=O) groups excluding carboxylic acids is 2. The summed E-state index contributed by atoms with van der Waals surface area (Å²) in [4.78, 5) is 25.8. The highest BCUT2D eigenvalue weighted by molar-refractivity contribution is 6.21. The SMILES string of the molecule is O=C1c2ccccc2C(=O)N1CCCc1nnc(-c2ccc(F)cc2)o1. The standard InChI is InChI=1S/C19H14FN3O3/c20-13-9-7-12(8-10-13)17-22-21-16(26-17)6-3-11-23-18(24)14-4-1-2-5-15(14)19(23)25/h1-2,4-5,7-10H,3,6,11H2. The normalized spacial score (nSPS) is 13.3. The zero-order valence-corrected chi connectivity index (χ0v) is 13.7. The maximum Gasteiger partial charge on any atom is 0.261 e. The lowest BCUT2D eigenvalue weighted by molar-refractivity contribution is 0.0651. The highest BCUT2D eigenvalue weighted by Gasteiger charge is 2.34. The van der Waals surface area contributed by atoms with Gasteiger partial charge < -0.3 is 4.42 Å². The first-order valence-corrected chi connectivity index (χ1v) is 8.17. The molecule has 2 aromatic carbocycles. The third-order valence-corrected chi connectivity index (χ3v) is 4.21. The topological polar surface area (TPSA) is 76.3 Å². The van der Waals surface area contributed by atoms with Gasteiger partial charge in [-0.15, -0.1) is 10.2 Å². The lowest BCUT2D eigenvalue weighted by atomic mass is 10.1. The maximum atomic E-state index is 13.0. The Kier molecular flexibility index (Phi) is 4.04. The number of hydrogen-bond donors (Lipinski definition) is 0. The molecule has 0 bridgehead atoms. The van der Waals surface area contributed by atoms with E-state index in [0.29, 0.717) is 41.3 Å². The molecule has 0 atom stereocenters. The molecule has 6 nitrogen and oxygen atoms in total. The van der Waals surface area contributed by atoms with E-state index >= 15 is 0 Å². The number of hydrogen-bond acceptors (Lipinski definition) is 5. The van der Waals surface area contributed by atoms with Crippen LogP contribution >= 0.6 is 0 Å². The van der Waals surface area contributed by atoms with Crippen LogP contribution in [0.15, 0.2) is 52.9 Å². The number of nitrogens with zero attached hydrogens (tertiary/aromatic N) is 3. The Morgan fingerprint density at radius 3 is 2.23 bits per heavy atom. The summed E-state index contributed by atoms with van der Waals surface area (Å²) in [7, 11) is 0. The number of aromatic nitrogens is 2. The molecule has 0 aliphatic carbocycles. The summed E-state index contributed by atoms with van der Waals surface area (Å²) in [6.07, 6.45) is 0.943. The van der Waals surface area contributed by atoms with Gasteiger partial charge in [-0.3, -0.25) is 14.5 Å². The second kappa shape index (κ2) is 6.51. The quantitative estimate of drug-likeness (QED) is 0.660. The minimum Gasteiger partial charge on any atom is -0.421 e. The Morgan fingerprint density at radius 2 is 1.58 bits per heavy atom. The van der Waals surface area contributed by atoms with Gasteiger partial charge in [0.1, 0.15) is 5.82 Å². The van der Waals surface area contributed by atoms with Crippen LogP contribution in [0.25, 0.3) is 11.5 Å². The molecule has 0 saturated heterocycles. The van der Waals surface area contributed by atoms with E-state index in [4.69, 9.17) is 4.42 Å². The number of rotatable bonds is 5. The smallest absolute Gasteiger partial charge is 0.261 e. The fourth-order valence-corrected chi connectivity index (χ4v) is 2.89. The van der Waals surface area contributed by atoms with Crippen molar-refractivity contribution in [1.82, 2.24) is 15.1 Å². The molecule has 4 rings (SSSR count). The number of fused-ring (bicyclic) bond motifs is 1. The fourth-order valence-electron chi connectivity index (χ4n) is 2.89. The summed E-state index contributed by atoms with van der Waals surface area (Å²) in [6.45, 7) is 0.278. The van der Waals surface area contributed by atoms with E-state index in [0.717, 1.165) is 0 Å². The number of imide groups is 1. The van der Waals surface area contributed by atoms with Gasteiger partial charge in [-0.25, -0.2) is 4.39 Å². The molecule has 0 unspecified atom stereocenters. The van der Waals surface area contributed by atoms with E-state index < -0.39 is 0 Å². The van der Waals surface area contributed by atoms with Crippen molar-refractivity contribution in [2.24, 2.45) is 0 Å². The van der Waals surface area contributed by atoms with Gasteiger partial charge in [0.05, 0.1) is 11.1 Å². The third-order valence-electron chi connectivity index (χ3n) is 4.21. The largest absolute Gasteiger partial charge is 0.421 e. The van der Waals surface area contributed by atoms with Crippen molar-refractivity contribution in [3.05, 3.63) is 71.4 Å².